The standard InChI is InChI=1S/C34H44N2O7/c37-32(25-9-11-29(12-10-25)39-19-5-4-8-31-40-20-21-41-31)42-24-28-22-26-13-18-36(28)23-30(26)43-33(38)34(14-16-35-17-15-34)27-6-2-1-3-7-27/h1-3,6-7,9-12,26,28,30-31,35H,4-5,8,13-24H2/t26?,28?,30-/m0/s1. The summed E-state index contributed by atoms with van der Waals surface area (Å²) in [6.07, 6.45) is 5.92. The van der Waals surface area contributed by atoms with Crippen LogP contribution in [0.5, 0.6) is 5.75 Å². The number of nitrogens with zero attached hydrogens (tertiary/aromatic N) is 1. The average molecular weight is 593 g/mol. The predicted molar refractivity (Wildman–Crippen MR) is 160 cm³/mol. The van der Waals surface area contributed by atoms with E-state index in [4.69, 9.17) is 23.7 Å². The van der Waals surface area contributed by atoms with Crippen LogP contribution in [0.25, 0.3) is 0 Å². The average Bonchev–Trinajstić information content (AvgIpc) is 3.59. The monoisotopic (exact) mass is 592 g/mol. The lowest BCUT2D eigenvalue weighted by atomic mass is 9.73. The molecule has 2 aromatic carbocycles. The molecular formula is C34H44N2O7. The van der Waals surface area contributed by atoms with E-state index in [2.05, 4.69) is 22.3 Å². The number of fused-ring (bicyclic) bond motifs is 3. The van der Waals surface area contributed by atoms with Crippen molar-refractivity contribution < 1.29 is 33.3 Å². The van der Waals surface area contributed by atoms with Gasteiger partial charge in [-0.25, -0.2) is 4.79 Å². The third-order valence-corrected chi connectivity index (χ3v) is 9.54. The molecule has 0 amide bonds. The molecule has 4 atom stereocenters. The van der Waals surface area contributed by atoms with Crippen LogP contribution in [0.15, 0.2) is 54.6 Å². The van der Waals surface area contributed by atoms with Crippen LogP contribution in [-0.4, -0.2) is 87.9 Å². The lowest BCUT2D eigenvalue weighted by molar-refractivity contribution is -0.170. The first-order valence-electron chi connectivity index (χ1n) is 16.0. The van der Waals surface area contributed by atoms with E-state index in [1.165, 1.54) is 0 Å². The smallest absolute Gasteiger partial charge is 0.338 e. The topological polar surface area (TPSA) is 95.6 Å². The number of nitrogens with one attached hydrogen (secondary N) is 1. The van der Waals surface area contributed by atoms with E-state index in [1.807, 2.05) is 30.3 Å². The summed E-state index contributed by atoms with van der Waals surface area (Å²) < 4.78 is 28.8. The van der Waals surface area contributed by atoms with Crippen molar-refractivity contribution in [2.75, 3.05) is 52.6 Å². The quantitative estimate of drug-likeness (QED) is 0.289. The fourth-order valence-electron chi connectivity index (χ4n) is 6.99. The molecular weight excluding hydrogens is 548 g/mol. The van der Waals surface area contributed by atoms with Crippen LogP contribution in [0, 0.1) is 5.92 Å². The van der Waals surface area contributed by atoms with Crippen molar-refractivity contribution in [3.63, 3.8) is 0 Å². The number of benzene rings is 2. The van der Waals surface area contributed by atoms with Crippen molar-refractivity contribution in [2.24, 2.45) is 5.92 Å². The van der Waals surface area contributed by atoms with Crippen molar-refractivity contribution >= 4 is 11.9 Å². The molecule has 5 saturated heterocycles. The molecule has 0 aromatic heterocycles. The molecule has 0 aliphatic carbocycles. The molecule has 232 valence electrons. The maximum Gasteiger partial charge on any atom is 0.338 e. The molecule has 5 fully saturated rings. The highest BCUT2D eigenvalue weighted by atomic mass is 16.7. The molecule has 0 spiro atoms. The summed E-state index contributed by atoms with van der Waals surface area (Å²) in [7, 11) is 0. The predicted octanol–water partition coefficient (Wildman–Crippen LogP) is 4.09. The van der Waals surface area contributed by atoms with Crippen LogP contribution in [0.4, 0.5) is 0 Å². The van der Waals surface area contributed by atoms with Gasteiger partial charge in [0.25, 0.3) is 0 Å². The SMILES string of the molecule is O=C(OCC1CC2CCN1C[C@@H]2OC(=O)C1(c2ccccc2)CCNCC1)c1ccc(OCCCCC2OCCO2)cc1. The molecule has 0 radical (unpaired) electrons. The summed E-state index contributed by atoms with van der Waals surface area (Å²) in [5.41, 5.74) is 0.972. The maximum atomic E-state index is 13.7. The van der Waals surface area contributed by atoms with E-state index in [9.17, 15) is 9.59 Å². The van der Waals surface area contributed by atoms with Gasteiger partial charge >= 0.3 is 11.9 Å². The van der Waals surface area contributed by atoms with E-state index >= 15 is 0 Å². The lowest BCUT2D eigenvalue weighted by Gasteiger charge is -2.49. The molecule has 43 heavy (non-hydrogen) atoms. The van der Waals surface area contributed by atoms with Gasteiger partial charge in [0, 0.05) is 18.5 Å². The van der Waals surface area contributed by atoms with Crippen molar-refractivity contribution in [3.05, 3.63) is 65.7 Å². The first kappa shape index (κ1) is 30.1. The van der Waals surface area contributed by atoms with Crippen molar-refractivity contribution in [1.29, 1.82) is 0 Å². The van der Waals surface area contributed by atoms with Gasteiger partial charge < -0.3 is 29.0 Å². The Labute approximate surface area is 254 Å². The van der Waals surface area contributed by atoms with Gasteiger partial charge in [-0.1, -0.05) is 30.3 Å². The summed E-state index contributed by atoms with van der Waals surface area (Å²) in [6, 6.07) is 17.4. The van der Waals surface area contributed by atoms with Gasteiger partial charge in [-0.05, 0) is 94.4 Å². The van der Waals surface area contributed by atoms with Crippen molar-refractivity contribution in [1.82, 2.24) is 10.2 Å². The zero-order valence-electron chi connectivity index (χ0n) is 24.9. The summed E-state index contributed by atoms with van der Waals surface area (Å²) in [5, 5.41) is 3.39. The number of hydrogen-bond acceptors (Lipinski definition) is 9. The van der Waals surface area contributed by atoms with E-state index in [0.29, 0.717) is 38.5 Å². The van der Waals surface area contributed by atoms with Gasteiger partial charge in [0.05, 0.1) is 30.8 Å². The summed E-state index contributed by atoms with van der Waals surface area (Å²) >= 11 is 0. The number of unbranched alkanes of at least 4 members (excludes halogenated alkanes) is 1. The highest BCUT2D eigenvalue weighted by molar-refractivity contribution is 5.89. The van der Waals surface area contributed by atoms with Gasteiger partial charge in [-0.15, -0.1) is 0 Å². The largest absolute Gasteiger partial charge is 0.494 e. The van der Waals surface area contributed by atoms with Gasteiger partial charge in [0.2, 0.25) is 0 Å². The fourth-order valence-corrected chi connectivity index (χ4v) is 6.99. The lowest BCUT2D eigenvalue weighted by Crippen LogP contribution is -2.59. The van der Waals surface area contributed by atoms with E-state index < -0.39 is 5.41 Å². The van der Waals surface area contributed by atoms with Gasteiger partial charge in [0.1, 0.15) is 18.5 Å². The third-order valence-electron chi connectivity index (χ3n) is 9.54. The van der Waals surface area contributed by atoms with Crippen LogP contribution in [0.2, 0.25) is 0 Å². The van der Waals surface area contributed by atoms with Crippen molar-refractivity contribution in [3.8, 4) is 5.75 Å². The Kier molecular flexibility index (Phi) is 9.93. The minimum Gasteiger partial charge on any atom is -0.494 e. The molecule has 1 N–H and O–H groups in total. The minimum atomic E-state index is -0.589. The second-order valence-electron chi connectivity index (χ2n) is 12.2. The Morgan fingerprint density at radius 2 is 1.74 bits per heavy atom. The highest BCUT2D eigenvalue weighted by Crippen LogP contribution is 2.39. The molecule has 5 aliphatic rings. The number of carbonyl (C=O) groups excluding carboxylic acids is 2. The van der Waals surface area contributed by atoms with Crippen LogP contribution in [-0.2, 0) is 29.2 Å². The third kappa shape index (κ3) is 7.23. The Balaban J connectivity index is 0.948. The highest BCUT2D eigenvalue weighted by Gasteiger charge is 2.47. The number of carbonyl (C=O) groups is 2. The van der Waals surface area contributed by atoms with Crippen LogP contribution < -0.4 is 10.1 Å². The fraction of sp³-hybridized carbons (Fsp3) is 0.588. The van der Waals surface area contributed by atoms with E-state index in [1.54, 1.807) is 12.1 Å². The molecule has 2 aromatic rings. The Hall–Kier alpha value is -2.98. The van der Waals surface area contributed by atoms with Gasteiger partial charge in [-0.3, -0.25) is 9.69 Å². The number of ether oxygens (including phenoxy) is 5. The van der Waals surface area contributed by atoms with Crippen LogP contribution in [0.1, 0.15) is 60.9 Å². The van der Waals surface area contributed by atoms with E-state index in [0.717, 1.165) is 75.9 Å². The minimum absolute atomic E-state index is 0.0681. The summed E-state index contributed by atoms with van der Waals surface area (Å²) in [5.74, 6) is 0.591. The number of piperidine rings is 4. The van der Waals surface area contributed by atoms with Gasteiger partial charge in [0.15, 0.2) is 6.29 Å². The summed E-state index contributed by atoms with van der Waals surface area (Å²) in [6.45, 7) is 5.54. The molecule has 7 rings (SSSR count). The van der Waals surface area contributed by atoms with E-state index in [-0.39, 0.29) is 36.3 Å². The van der Waals surface area contributed by atoms with Crippen LogP contribution >= 0.6 is 0 Å². The first-order valence-corrected chi connectivity index (χ1v) is 16.0. The zero-order valence-corrected chi connectivity index (χ0v) is 24.9. The van der Waals surface area contributed by atoms with Crippen molar-refractivity contribution in [2.45, 2.75) is 68.8 Å². The second-order valence-corrected chi connectivity index (χ2v) is 12.2. The molecule has 0 saturated carbocycles. The number of hydrogen-bond donors (Lipinski definition) is 1. The molecule has 3 unspecified atom stereocenters. The number of rotatable bonds is 12. The molecule has 9 heteroatoms. The molecule has 2 bridgehead atoms. The van der Waals surface area contributed by atoms with Gasteiger partial charge in [-0.2, -0.15) is 0 Å². The zero-order chi connectivity index (χ0) is 29.5. The Bertz CT molecular complexity index is 1190. The number of esters is 2. The normalized spacial score (nSPS) is 26.6. The second kappa shape index (κ2) is 14.2. The molecule has 5 aliphatic heterocycles. The first-order chi connectivity index (χ1) is 21.1. The summed E-state index contributed by atoms with van der Waals surface area (Å²) in [4.78, 5) is 28.9. The molecule has 9 nitrogen and oxygen atoms in total. The Morgan fingerprint density at radius 3 is 2.47 bits per heavy atom. The maximum absolute atomic E-state index is 13.7. The molecule has 5 heterocycles. The Morgan fingerprint density at radius 1 is 0.977 bits per heavy atom. The van der Waals surface area contributed by atoms with Crippen LogP contribution in [0.3, 0.4) is 0 Å².